The van der Waals surface area contributed by atoms with Crippen molar-refractivity contribution >= 4 is 34.8 Å². The van der Waals surface area contributed by atoms with E-state index in [0.717, 1.165) is 6.42 Å². The summed E-state index contributed by atoms with van der Waals surface area (Å²) in [7, 11) is 1.61. The smallest absolute Gasteiger partial charge is 0.252 e. The number of halogens is 2. The zero-order valence-electron chi connectivity index (χ0n) is 9.43. The fraction of sp³-hybridized carbons (Fsp3) is 0.364. The second kappa shape index (κ2) is 6.69. The molecule has 0 aliphatic heterocycles. The van der Waals surface area contributed by atoms with Crippen LogP contribution in [0.15, 0.2) is 12.1 Å². The second-order valence-corrected chi connectivity index (χ2v) is 4.25. The summed E-state index contributed by atoms with van der Waals surface area (Å²) < 4.78 is 4.87. The highest BCUT2D eigenvalue weighted by Crippen LogP contribution is 2.28. The van der Waals surface area contributed by atoms with Crippen LogP contribution in [-0.2, 0) is 4.74 Å². The van der Waals surface area contributed by atoms with Gasteiger partial charge in [0.05, 0.1) is 15.6 Å². The van der Waals surface area contributed by atoms with Crippen LogP contribution in [0.4, 0.5) is 5.69 Å². The number of nitrogens with two attached hydrogens (primary N) is 1. The van der Waals surface area contributed by atoms with E-state index in [4.69, 9.17) is 33.7 Å². The number of carbonyl (C=O) groups excluding carboxylic acids is 1. The molecule has 0 fully saturated rings. The largest absolute Gasteiger partial charge is 0.399 e. The van der Waals surface area contributed by atoms with E-state index in [2.05, 4.69) is 5.32 Å². The predicted octanol–water partition coefficient (Wildman–Crippen LogP) is 2.34. The van der Waals surface area contributed by atoms with Gasteiger partial charge in [0.1, 0.15) is 0 Å². The molecule has 4 nitrogen and oxygen atoms in total. The highest BCUT2D eigenvalue weighted by atomic mass is 35.5. The third kappa shape index (κ3) is 4.07. The van der Waals surface area contributed by atoms with Crippen molar-refractivity contribution in [3.63, 3.8) is 0 Å². The van der Waals surface area contributed by atoms with E-state index in [1.807, 2.05) is 0 Å². The number of carbonyl (C=O) groups is 1. The molecule has 1 rings (SSSR count). The summed E-state index contributed by atoms with van der Waals surface area (Å²) in [5, 5.41) is 3.20. The van der Waals surface area contributed by atoms with Crippen molar-refractivity contribution in [3.05, 3.63) is 27.7 Å². The van der Waals surface area contributed by atoms with Gasteiger partial charge in [-0.1, -0.05) is 23.2 Å². The van der Waals surface area contributed by atoms with Gasteiger partial charge in [0.25, 0.3) is 5.91 Å². The first-order valence-corrected chi connectivity index (χ1v) is 5.83. The van der Waals surface area contributed by atoms with E-state index in [0.29, 0.717) is 18.8 Å². The minimum absolute atomic E-state index is 0.213. The molecule has 0 aromatic heterocycles. The van der Waals surface area contributed by atoms with E-state index in [-0.39, 0.29) is 21.5 Å². The first kappa shape index (κ1) is 14.1. The molecule has 0 aliphatic rings. The Labute approximate surface area is 110 Å². The van der Waals surface area contributed by atoms with E-state index in [1.54, 1.807) is 7.11 Å². The molecule has 0 saturated carbocycles. The number of amides is 1. The van der Waals surface area contributed by atoms with Crippen molar-refractivity contribution in [2.75, 3.05) is 26.0 Å². The van der Waals surface area contributed by atoms with E-state index in [9.17, 15) is 4.79 Å². The summed E-state index contributed by atoms with van der Waals surface area (Å²) in [4.78, 5) is 11.8. The Hall–Kier alpha value is -0.970. The Kier molecular flexibility index (Phi) is 5.55. The molecule has 1 amide bonds. The average molecular weight is 277 g/mol. The monoisotopic (exact) mass is 276 g/mol. The maximum Gasteiger partial charge on any atom is 0.252 e. The molecular weight excluding hydrogens is 263 g/mol. The van der Waals surface area contributed by atoms with Crippen molar-refractivity contribution in [1.29, 1.82) is 0 Å². The zero-order valence-corrected chi connectivity index (χ0v) is 10.9. The van der Waals surface area contributed by atoms with Gasteiger partial charge in [-0.15, -0.1) is 0 Å². The standard InChI is InChI=1S/C11H14Cl2N2O2/c1-17-4-2-3-15-11(16)8-5-7(14)6-9(12)10(8)13/h5-6H,2-4,14H2,1H3,(H,15,16). The van der Waals surface area contributed by atoms with E-state index in [1.165, 1.54) is 12.1 Å². The van der Waals surface area contributed by atoms with Gasteiger partial charge in [-0.2, -0.15) is 0 Å². The number of benzene rings is 1. The normalized spacial score (nSPS) is 10.3. The molecule has 0 heterocycles. The molecule has 0 saturated heterocycles. The fourth-order valence-electron chi connectivity index (χ4n) is 1.29. The van der Waals surface area contributed by atoms with Crippen LogP contribution in [0, 0.1) is 0 Å². The first-order chi connectivity index (χ1) is 8.06. The minimum Gasteiger partial charge on any atom is -0.399 e. The lowest BCUT2D eigenvalue weighted by molar-refractivity contribution is 0.0949. The Morgan fingerprint density at radius 3 is 2.82 bits per heavy atom. The molecular formula is C11H14Cl2N2O2. The molecule has 1 aromatic rings. The number of rotatable bonds is 5. The molecule has 3 N–H and O–H groups in total. The number of ether oxygens (including phenoxy) is 1. The van der Waals surface area contributed by atoms with Gasteiger partial charge in [0.2, 0.25) is 0 Å². The third-order valence-corrected chi connectivity index (χ3v) is 2.91. The fourth-order valence-corrected chi connectivity index (χ4v) is 1.71. The van der Waals surface area contributed by atoms with E-state index >= 15 is 0 Å². The number of anilines is 1. The van der Waals surface area contributed by atoms with Crippen LogP contribution in [0.2, 0.25) is 10.0 Å². The molecule has 6 heteroatoms. The number of hydrogen-bond acceptors (Lipinski definition) is 3. The minimum atomic E-state index is -0.291. The van der Waals surface area contributed by atoms with Crippen LogP contribution in [0.3, 0.4) is 0 Å². The predicted molar refractivity (Wildman–Crippen MR) is 69.7 cm³/mol. The van der Waals surface area contributed by atoms with Gasteiger partial charge in [-0.25, -0.2) is 0 Å². The summed E-state index contributed by atoms with van der Waals surface area (Å²) in [6.07, 6.45) is 0.732. The molecule has 0 bridgehead atoms. The van der Waals surface area contributed by atoms with Gasteiger partial charge >= 0.3 is 0 Å². The Bertz CT molecular complexity index is 411. The van der Waals surface area contributed by atoms with Crippen LogP contribution < -0.4 is 11.1 Å². The second-order valence-electron chi connectivity index (χ2n) is 3.47. The number of hydrogen-bond donors (Lipinski definition) is 2. The lowest BCUT2D eigenvalue weighted by atomic mass is 10.2. The molecule has 17 heavy (non-hydrogen) atoms. The lowest BCUT2D eigenvalue weighted by Crippen LogP contribution is -2.25. The topological polar surface area (TPSA) is 64.3 Å². The number of nitrogens with one attached hydrogen (secondary N) is 1. The molecule has 0 radical (unpaired) electrons. The molecule has 0 unspecified atom stereocenters. The maximum absolute atomic E-state index is 11.8. The molecule has 0 spiro atoms. The van der Waals surface area contributed by atoms with Gasteiger partial charge in [-0.3, -0.25) is 4.79 Å². The average Bonchev–Trinajstić information content (AvgIpc) is 2.29. The maximum atomic E-state index is 11.8. The van der Waals surface area contributed by atoms with Crippen molar-refractivity contribution in [2.45, 2.75) is 6.42 Å². The van der Waals surface area contributed by atoms with Gasteiger partial charge < -0.3 is 15.8 Å². The van der Waals surface area contributed by atoms with Crippen LogP contribution in [-0.4, -0.2) is 26.2 Å². The summed E-state index contributed by atoms with van der Waals surface area (Å²) in [5.74, 6) is -0.291. The van der Waals surface area contributed by atoms with E-state index < -0.39 is 0 Å². The van der Waals surface area contributed by atoms with Gasteiger partial charge in [0.15, 0.2) is 0 Å². The molecule has 0 atom stereocenters. The van der Waals surface area contributed by atoms with Crippen molar-refractivity contribution in [3.8, 4) is 0 Å². The number of nitrogen functional groups attached to an aromatic ring is 1. The summed E-state index contributed by atoms with van der Waals surface area (Å²) >= 11 is 11.8. The van der Waals surface area contributed by atoms with Crippen molar-refractivity contribution in [2.24, 2.45) is 0 Å². The van der Waals surface area contributed by atoms with Crippen molar-refractivity contribution in [1.82, 2.24) is 5.32 Å². The quantitative estimate of drug-likeness (QED) is 0.641. The lowest BCUT2D eigenvalue weighted by Gasteiger charge is -2.08. The van der Waals surface area contributed by atoms with Gasteiger partial charge in [0, 0.05) is 25.9 Å². The third-order valence-electron chi connectivity index (χ3n) is 2.11. The van der Waals surface area contributed by atoms with Crippen LogP contribution >= 0.6 is 23.2 Å². The highest BCUT2D eigenvalue weighted by molar-refractivity contribution is 6.44. The molecule has 94 valence electrons. The molecule has 1 aromatic carbocycles. The first-order valence-electron chi connectivity index (χ1n) is 5.08. The van der Waals surface area contributed by atoms with Crippen molar-refractivity contribution < 1.29 is 9.53 Å². The zero-order chi connectivity index (χ0) is 12.8. The summed E-state index contributed by atoms with van der Waals surface area (Å²) in [6.45, 7) is 1.10. The summed E-state index contributed by atoms with van der Waals surface area (Å²) in [6, 6.07) is 3.01. The SMILES string of the molecule is COCCCNC(=O)c1cc(N)cc(Cl)c1Cl. The number of methoxy groups -OCH3 is 1. The highest BCUT2D eigenvalue weighted by Gasteiger charge is 2.13. The Balaban J connectivity index is 2.69. The Morgan fingerprint density at radius 2 is 2.18 bits per heavy atom. The molecule has 0 aliphatic carbocycles. The van der Waals surface area contributed by atoms with Crippen LogP contribution in [0.25, 0.3) is 0 Å². The Morgan fingerprint density at radius 1 is 1.47 bits per heavy atom. The van der Waals surface area contributed by atoms with Crippen LogP contribution in [0.5, 0.6) is 0 Å². The summed E-state index contributed by atoms with van der Waals surface area (Å²) in [5.41, 5.74) is 6.29. The van der Waals surface area contributed by atoms with Gasteiger partial charge in [-0.05, 0) is 18.6 Å². The van der Waals surface area contributed by atoms with Crippen LogP contribution in [0.1, 0.15) is 16.8 Å².